The van der Waals surface area contributed by atoms with Gasteiger partial charge in [0.25, 0.3) is 5.91 Å². The molecule has 24 heavy (non-hydrogen) atoms. The standard InChI is InChI=1S/C20H20N2O2/c1-14(21-20(24)18-9-10-19(23)22(2)13-18)11-15-7-8-16-5-3-4-6-17(16)12-15/h3-10,12-14H,11H2,1-2H3,(H,21,24)/t14-/m0/s1. The van der Waals surface area contributed by atoms with Crippen molar-refractivity contribution in [2.45, 2.75) is 19.4 Å². The second kappa shape index (κ2) is 6.71. The normalized spacial score (nSPS) is 12.1. The molecular formula is C20H20N2O2. The van der Waals surface area contributed by atoms with Crippen LogP contribution in [0.5, 0.6) is 0 Å². The van der Waals surface area contributed by atoms with Gasteiger partial charge in [-0.1, -0.05) is 42.5 Å². The van der Waals surface area contributed by atoms with Crippen LogP contribution in [-0.2, 0) is 13.5 Å². The zero-order valence-electron chi connectivity index (χ0n) is 13.8. The largest absolute Gasteiger partial charge is 0.349 e. The molecule has 4 heteroatoms. The van der Waals surface area contributed by atoms with Gasteiger partial charge >= 0.3 is 0 Å². The Morgan fingerprint density at radius 1 is 1.08 bits per heavy atom. The summed E-state index contributed by atoms with van der Waals surface area (Å²) in [5.41, 5.74) is 1.54. The highest BCUT2D eigenvalue weighted by atomic mass is 16.2. The summed E-state index contributed by atoms with van der Waals surface area (Å²) in [5.74, 6) is -0.168. The number of hydrogen-bond donors (Lipinski definition) is 1. The highest BCUT2D eigenvalue weighted by Crippen LogP contribution is 2.16. The quantitative estimate of drug-likeness (QED) is 0.803. The summed E-state index contributed by atoms with van der Waals surface area (Å²) in [6.07, 6.45) is 2.31. The molecule has 2 aromatic carbocycles. The Morgan fingerprint density at radius 2 is 1.83 bits per heavy atom. The molecule has 3 rings (SSSR count). The molecule has 0 aliphatic heterocycles. The number of carbonyl (C=O) groups excluding carboxylic acids is 1. The summed E-state index contributed by atoms with van der Waals surface area (Å²) in [5, 5.41) is 5.40. The number of aromatic nitrogens is 1. The molecule has 0 unspecified atom stereocenters. The number of hydrogen-bond acceptors (Lipinski definition) is 2. The highest BCUT2D eigenvalue weighted by molar-refractivity contribution is 5.94. The number of fused-ring (bicyclic) bond motifs is 1. The maximum Gasteiger partial charge on any atom is 0.252 e. The number of benzene rings is 2. The molecule has 1 aromatic heterocycles. The van der Waals surface area contributed by atoms with Crippen LogP contribution in [0.3, 0.4) is 0 Å². The second-order valence-corrected chi connectivity index (χ2v) is 6.13. The predicted molar refractivity (Wildman–Crippen MR) is 96.3 cm³/mol. The van der Waals surface area contributed by atoms with Crippen molar-refractivity contribution in [3.8, 4) is 0 Å². The molecule has 0 aliphatic carbocycles. The first-order chi connectivity index (χ1) is 11.5. The van der Waals surface area contributed by atoms with Crippen LogP contribution in [0.2, 0.25) is 0 Å². The Bertz CT molecular complexity index is 944. The van der Waals surface area contributed by atoms with E-state index in [1.54, 1.807) is 19.3 Å². The SMILES string of the molecule is C[C@@H](Cc1ccc2ccccc2c1)NC(=O)c1ccc(=O)n(C)c1. The predicted octanol–water partition coefficient (Wildman–Crippen LogP) is 2.90. The second-order valence-electron chi connectivity index (χ2n) is 6.13. The Balaban J connectivity index is 1.69. The van der Waals surface area contributed by atoms with E-state index in [1.807, 2.05) is 19.1 Å². The third-order valence-electron chi connectivity index (χ3n) is 4.08. The van der Waals surface area contributed by atoms with E-state index in [0.29, 0.717) is 5.56 Å². The molecule has 0 radical (unpaired) electrons. The molecule has 0 bridgehead atoms. The van der Waals surface area contributed by atoms with Gasteiger partial charge in [-0.15, -0.1) is 0 Å². The molecule has 0 saturated heterocycles. The summed E-state index contributed by atoms with van der Waals surface area (Å²) in [4.78, 5) is 23.7. The Hall–Kier alpha value is -2.88. The van der Waals surface area contributed by atoms with Crippen molar-refractivity contribution in [3.05, 3.63) is 82.3 Å². The molecule has 4 nitrogen and oxygen atoms in total. The van der Waals surface area contributed by atoms with E-state index < -0.39 is 0 Å². The minimum atomic E-state index is -0.168. The number of aryl methyl sites for hydroxylation is 1. The van der Waals surface area contributed by atoms with Crippen LogP contribution in [0, 0.1) is 0 Å². The first-order valence-electron chi connectivity index (χ1n) is 7.98. The van der Waals surface area contributed by atoms with E-state index in [4.69, 9.17) is 0 Å². The van der Waals surface area contributed by atoms with Crippen molar-refractivity contribution >= 4 is 16.7 Å². The Labute approximate surface area is 140 Å². The number of pyridine rings is 1. The third-order valence-corrected chi connectivity index (χ3v) is 4.08. The van der Waals surface area contributed by atoms with Gasteiger partial charge in [0.1, 0.15) is 0 Å². The number of nitrogens with one attached hydrogen (secondary N) is 1. The van der Waals surface area contributed by atoms with Gasteiger partial charge in [0.15, 0.2) is 0 Å². The van der Waals surface area contributed by atoms with Crippen molar-refractivity contribution in [2.75, 3.05) is 0 Å². The molecule has 1 N–H and O–H groups in total. The fraction of sp³-hybridized carbons (Fsp3) is 0.200. The summed E-state index contributed by atoms with van der Waals surface area (Å²) in [6, 6.07) is 17.5. The number of carbonyl (C=O) groups is 1. The fourth-order valence-electron chi connectivity index (χ4n) is 2.81. The van der Waals surface area contributed by atoms with Gasteiger partial charge in [0.05, 0.1) is 5.56 Å². The molecule has 0 spiro atoms. The van der Waals surface area contributed by atoms with Crippen LogP contribution < -0.4 is 10.9 Å². The van der Waals surface area contributed by atoms with E-state index in [1.165, 1.54) is 27.0 Å². The first-order valence-corrected chi connectivity index (χ1v) is 7.98. The van der Waals surface area contributed by atoms with E-state index in [2.05, 4.69) is 35.6 Å². The molecule has 122 valence electrons. The van der Waals surface area contributed by atoms with Crippen molar-refractivity contribution in [1.29, 1.82) is 0 Å². The number of amides is 1. The van der Waals surface area contributed by atoms with Crippen molar-refractivity contribution in [2.24, 2.45) is 7.05 Å². The van der Waals surface area contributed by atoms with E-state index in [9.17, 15) is 9.59 Å². The molecule has 0 fully saturated rings. The van der Waals surface area contributed by atoms with Crippen LogP contribution in [0.15, 0.2) is 65.6 Å². The number of rotatable bonds is 4. The Morgan fingerprint density at radius 3 is 2.58 bits per heavy atom. The summed E-state index contributed by atoms with van der Waals surface area (Å²) >= 11 is 0. The zero-order valence-corrected chi connectivity index (χ0v) is 13.8. The van der Waals surface area contributed by atoms with Crippen LogP contribution in [0.25, 0.3) is 10.8 Å². The van der Waals surface area contributed by atoms with Gasteiger partial charge in [-0.05, 0) is 35.7 Å². The molecular weight excluding hydrogens is 300 g/mol. The molecule has 1 heterocycles. The topological polar surface area (TPSA) is 51.1 Å². The van der Waals surface area contributed by atoms with Crippen LogP contribution >= 0.6 is 0 Å². The lowest BCUT2D eigenvalue weighted by molar-refractivity contribution is 0.0939. The van der Waals surface area contributed by atoms with Gasteiger partial charge in [0, 0.05) is 25.4 Å². The lowest BCUT2D eigenvalue weighted by Crippen LogP contribution is -2.34. The number of nitrogens with zero attached hydrogens (tertiary/aromatic N) is 1. The molecule has 1 atom stereocenters. The van der Waals surface area contributed by atoms with Crippen molar-refractivity contribution < 1.29 is 4.79 Å². The smallest absolute Gasteiger partial charge is 0.252 e. The van der Waals surface area contributed by atoms with Crippen LogP contribution in [-0.4, -0.2) is 16.5 Å². The summed E-state index contributed by atoms with van der Waals surface area (Å²) in [7, 11) is 1.64. The average Bonchev–Trinajstić information content (AvgIpc) is 2.57. The van der Waals surface area contributed by atoms with Crippen LogP contribution in [0.4, 0.5) is 0 Å². The third kappa shape index (κ3) is 3.54. The lowest BCUT2D eigenvalue weighted by Gasteiger charge is -2.15. The zero-order chi connectivity index (χ0) is 17.1. The minimum absolute atomic E-state index is 0.00380. The van der Waals surface area contributed by atoms with Crippen molar-refractivity contribution in [3.63, 3.8) is 0 Å². The van der Waals surface area contributed by atoms with E-state index >= 15 is 0 Å². The van der Waals surface area contributed by atoms with Crippen molar-refractivity contribution in [1.82, 2.24) is 9.88 Å². The van der Waals surface area contributed by atoms with Gasteiger partial charge in [-0.3, -0.25) is 9.59 Å². The van der Waals surface area contributed by atoms with Crippen LogP contribution in [0.1, 0.15) is 22.8 Å². The molecule has 0 aliphatic rings. The summed E-state index contributed by atoms with van der Waals surface area (Å²) in [6.45, 7) is 1.98. The summed E-state index contributed by atoms with van der Waals surface area (Å²) < 4.78 is 1.41. The lowest BCUT2D eigenvalue weighted by atomic mass is 10.0. The maximum atomic E-state index is 12.3. The molecule has 3 aromatic rings. The Kier molecular flexibility index (Phi) is 4.47. The van der Waals surface area contributed by atoms with Gasteiger partial charge in [-0.25, -0.2) is 0 Å². The maximum absolute atomic E-state index is 12.3. The van der Waals surface area contributed by atoms with Gasteiger partial charge in [-0.2, -0.15) is 0 Å². The first kappa shape index (κ1) is 16.0. The molecule has 1 amide bonds. The fourth-order valence-corrected chi connectivity index (χ4v) is 2.81. The minimum Gasteiger partial charge on any atom is -0.349 e. The van der Waals surface area contributed by atoms with Gasteiger partial charge < -0.3 is 9.88 Å². The van der Waals surface area contributed by atoms with E-state index in [-0.39, 0.29) is 17.5 Å². The average molecular weight is 320 g/mol. The highest BCUT2D eigenvalue weighted by Gasteiger charge is 2.11. The van der Waals surface area contributed by atoms with Gasteiger partial charge in [0.2, 0.25) is 5.56 Å². The molecule has 0 saturated carbocycles. The van der Waals surface area contributed by atoms with E-state index in [0.717, 1.165) is 6.42 Å². The monoisotopic (exact) mass is 320 g/mol.